The Morgan fingerprint density at radius 3 is 2.62 bits per heavy atom. The summed E-state index contributed by atoms with van der Waals surface area (Å²) in [6, 6.07) is 5.69. The Hall–Kier alpha value is -1.03. The molecule has 88 valence electrons. The molecule has 0 spiro atoms. The molecule has 0 bridgehead atoms. The number of benzene rings is 1. The number of hydrogen-bond acceptors (Lipinski definition) is 2. The van der Waals surface area contributed by atoms with Crippen molar-refractivity contribution in [2.24, 2.45) is 0 Å². The highest BCUT2D eigenvalue weighted by molar-refractivity contribution is 7.99. The third kappa shape index (κ3) is 4.23. The average Bonchev–Trinajstić information content (AvgIpc) is 2.27. The first-order chi connectivity index (χ1) is 7.63. The molecule has 0 saturated carbocycles. The van der Waals surface area contributed by atoms with E-state index in [1.807, 2.05) is 6.92 Å². The van der Waals surface area contributed by atoms with Gasteiger partial charge in [0.1, 0.15) is 5.82 Å². The first-order valence-corrected chi connectivity index (χ1v) is 6.43. The second-order valence-electron chi connectivity index (χ2n) is 3.54. The van der Waals surface area contributed by atoms with Gasteiger partial charge in [-0.25, -0.2) is 4.39 Å². The summed E-state index contributed by atoms with van der Waals surface area (Å²) in [5.41, 5.74) is 0.495. The summed E-state index contributed by atoms with van der Waals surface area (Å²) < 4.78 is 12.6. The normalized spacial score (nSPS) is 12.2. The van der Waals surface area contributed by atoms with E-state index >= 15 is 0 Å². The zero-order valence-corrected chi connectivity index (χ0v) is 10.3. The number of thioether (sulfide) groups is 1. The number of nitrogens with one attached hydrogen (secondary N) is 1. The number of hydrogen-bond donors (Lipinski definition) is 1. The quantitative estimate of drug-likeness (QED) is 0.858. The van der Waals surface area contributed by atoms with Crippen molar-refractivity contribution in [2.75, 3.05) is 11.5 Å². The van der Waals surface area contributed by atoms with Gasteiger partial charge in [0.2, 0.25) is 0 Å². The summed E-state index contributed by atoms with van der Waals surface area (Å²) in [5.74, 6) is 1.45. The number of rotatable bonds is 5. The predicted molar refractivity (Wildman–Crippen MR) is 66.3 cm³/mol. The molecule has 1 atom stereocenters. The maximum Gasteiger partial charge on any atom is 0.251 e. The fourth-order valence-corrected chi connectivity index (χ4v) is 1.92. The number of amides is 1. The first kappa shape index (κ1) is 13.0. The molecule has 0 radical (unpaired) electrons. The van der Waals surface area contributed by atoms with Gasteiger partial charge in [-0.2, -0.15) is 11.8 Å². The highest BCUT2D eigenvalue weighted by Gasteiger charge is 2.09. The second-order valence-corrected chi connectivity index (χ2v) is 4.86. The van der Waals surface area contributed by atoms with E-state index in [2.05, 4.69) is 12.2 Å². The molecule has 0 heterocycles. The average molecular weight is 241 g/mol. The van der Waals surface area contributed by atoms with Gasteiger partial charge in [0.05, 0.1) is 0 Å². The standard InChI is InChI=1S/C12H16FNOS/c1-3-16-8-9(2)14-12(15)10-4-6-11(13)7-5-10/h4-7,9H,3,8H2,1-2H3,(H,14,15). The van der Waals surface area contributed by atoms with Gasteiger partial charge in [0.15, 0.2) is 0 Å². The molecule has 1 aromatic rings. The first-order valence-electron chi connectivity index (χ1n) is 5.27. The Balaban J connectivity index is 2.48. The molecule has 0 saturated heterocycles. The van der Waals surface area contributed by atoms with E-state index in [1.54, 1.807) is 11.8 Å². The lowest BCUT2D eigenvalue weighted by Gasteiger charge is -2.12. The Labute approximate surface area is 99.6 Å². The minimum Gasteiger partial charge on any atom is -0.349 e. The van der Waals surface area contributed by atoms with Crippen molar-refractivity contribution in [1.82, 2.24) is 5.32 Å². The third-order valence-corrected chi connectivity index (χ3v) is 3.20. The number of carbonyl (C=O) groups is 1. The van der Waals surface area contributed by atoms with Crippen LogP contribution in [0.3, 0.4) is 0 Å². The van der Waals surface area contributed by atoms with Crippen LogP contribution in [0.5, 0.6) is 0 Å². The van der Waals surface area contributed by atoms with Gasteiger partial charge in [-0.1, -0.05) is 6.92 Å². The van der Waals surface area contributed by atoms with Gasteiger partial charge in [-0.05, 0) is 36.9 Å². The molecule has 1 amide bonds. The number of halogens is 1. The van der Waals surface area contributed by atoms with Crippen molar-refractivity contribution in [2.45, 2.75) is 19.9 Å². The Kier molecular flexibility index (Phi) is 5.32. The lowest BCUT2D eigenvalue weighted by Crippen LogP contribution is -2.34. The number of carbonyl (C=O) groups excluding carboxylic acids is 1. The van der Waals surface area contributed by atoms with Gasteiger partial charge in [-0.3, -0.25) is 4.79 Å². The smallest absolute Gasteiger partial charge is 0.251 e. The molecular formula is C12H16FNOS. The molecule has 1 aromatic carbocycles. The SMILES string of the molecule is CCSCC(C)NC(=O)c1ccc(F)cc1. The van der Waals surface area contributed by atoms with E-state index in [1.165, 1.54) is 24.3 Å². The second kappa shape index (κ2) is 6.53. The molecule has 1 rings (SSSR count). The zero-order valence-electron chi connectivity index (χ0n) is 9.50. The van der Waals surface area contributed by atoms with E-state index in [0.29, 0.717) is 5.56 Å². The van der Waals surface area contributed by atoms with E-state index in [4.69, 9.17) is 0 Å². The Morgan fingerprint density at radius 1 is 1.44 bits per heavy atom. The summed E-state index contributed by atoms with van der Waals surface area (Å²) >= 11 is 1.78. The van der Waals surface area contributed by atoms with Crippen LogP contribution in [0.1, 0.15) is 24.2 Å². The molecule has 0 aromatic heterocycles. The zero-order chi connectivity index (χ0) is 12.0. The van der Waals surface area contributed by atoms with Crippen molar-refractivity contribution in [3.63, 3.8) is 0 Å². The Morgan fingerprint density at radius 2 is 2.06 bits per heavy atom. The van der Waals surface area contributed by atoms with Crippen LogP contribution in [0, 0.1) is 5.82 Å². The molecule has 0 aliphatic carbocycles. The minimum absolute atomic E-state index is 0.127. The summed E-state index contributed by atoms with van der Waals surface area (Å²) in [6.45, 7) is 4.04. The largest absolute Gasteiger partial charge is 0.349 e. The van der Waals surface area contributed by atoms with Gasteiger partial charge >= 0.3 is 0 Å². The van der Waals surface area contributed by atoms with Gasteiger partial charge in [-0.15, -0.1) is 0 Å². The van der Waals surface area contributed by atoms with Crippen LogP contribution in [-0.4, -0.2) is 23.5 Å². The monoisotopic (exact) mass is 241 g/mol. The lowest BCUT2D eigenvalue weighted by molar-refractivity contribution is 0.0943. The van der Waals surface area contributed by atoms with Crippen molar-refractivity contribution in [3.05, 3.63) is 35.6 Å². The molecule has 0 aliphatic rings. The molecular weight excluding hydrogens is 225 g/mol. The maximum absolute atomic E-state index is 12.6. The van der Waals surface area contributed by atoms with Crippen molar-refractivity contribution < 1.29 is 9.18 Å². The van der Waals surface area contributed by atoms with Crippen LogP contribution in [-0.2, 0) is 0 Å². The predicted octanol–water partition coefficient (Wildman–Crippen LogP) is 2.70. The van der Waals surface area contributed by atoms with Gasteiger partial charge in [0, 0.05) is 17.4 Å². The maximum atomic E-state index is 12.6. The van der Waals surface area contributed by atoms with E-state index < -0.39 is 0 Å². The van der Waals surface area contributed by atoms with E-state index in [0.717, 1.165) is 11.5 Å². The van der Waals surface area contributed by atoms with Crippen molar-refractivity contribution in [1.29, 1.82) is 0 Å². The topological polar surface area (TPSA) is 29.1 Å². The van der Waals surface area contributed by atoms with E-state index in [-0.39, 0.29) is 17.8 Å². The lowest BCUT2D eigenvalue weighted by atomic mass is 10.2. The molecule has 4 heteroatoms. The fourth-order valence-electron chi connectivity index (χ4n) is 1.24. The fraction of sp³-hybridized carbons (Fsp3) is 0.417. The summed E-state index contributed by atoms with van der Waals surface area (Å²) in [7, 11) is 0. The van der Waals surface area contributed by atoms with Crippen molar-refractivity contribution >= 4 is 17.7 Å². The molecule has 16 heavy (non-hydrogen) atoms. The van der Waals surface area contributed by atoms with Crippen molar-refractivity contribution in [3.8, 4) is 0 Å². The summed E-state index contributed by atoms with van der Waals surface area (Å²) in [6.07, 6.45) is 0. The van der Waals surface area contributed by atoms with Gasteiger partial charge in [0.25, 0.3) is 5.91 Å². The third-order valence-electron chi connectivity index (χ3n) is 2.06. The minimum atomic E-state index is -0.328. The molecule has 1 N–H and O–H groups in total. The van der Waals surface area contributed by atoms with Crippen LogP contribution in [0.2, 0.25) is 0 Å². The molecule has 0 aliphatic heterocycles. The summed E-state index contributed by atoms with van der Waals surface area (Å²) in [4.78, 5) is 11.7. The Bertz CT molecular complexity index is 339. The molecule has 1 unspecified atom stereocenters. The molecule has 0 fully saturated rings. The highest BCUT2D eigenvalue weighted by atomic mass is 32.2. The molecule has 2 nitrogen and oxygen atoms in total. The van der Waals surface area contributed by atoms with Crippen LogP contribution < -0.4 is 5.32 Å². The summed E-state index contributed by atoms with van der Waals surface area (Å²) in [5, 5.41) is 2.87. The van der Waals surface area contributed by atoms with E-state index in [9.17, 15) is 9.18 Å². The highest BCUT2D eigenvalue weighted by Crippen LogP contribution is 2.05. The van der Waals surface area contributed by atoms with Crippen LogP contribution in [0.25, 0.3) is 0 Å². The van der Waals surface area contributed by atoms with Gasteiger partial charge < -0.3 is 5.32 Å². The van der Waals surface area contributed by atoms with Crippen LogP contribution in [0.4, 0.5) is 4.39 Å². The van der Waals surface area contributed by atoms with Crippen LogP contribution in [0.15, 0.2) is 24.3 Å². The van der Waals surface area contributed by atoms with Crippen LogP contribution >= 0.6 is 11.8 Å².